The number of benzene rings is 1. The molecule has 1 aromatic heterocycles. The first-order valence-electron chi connectivity index (χ1n) is 7.38. The summed E-state index contributed by atoms with van der Waals surface area (Å²) in [6.07, 6.45) is 0.256. The fourth-order valence-corrected chi connectivity index (χ4v) is 2.81. The van der Waals surface area contributed by atoms with Crippen LogP contribution >= 0.6 is 11.6 Å². The fraction of sp³-hybridized carbons (Fsp3) is 0.235. The van der Waals surface area contributed by atoms with Crippen LogP contribution in [0.15, 0.2) is 42.5 Å². The number of halogens is 1. The molecule has 1 unspecified atom stereocenters. The van der Waals surface area contributed by atoms with E-state index in [2.05, 4.69) is 11.7 Å². The highest BCUT2D eigenvalue weighted by Gasteiger charge is 2.45. The molecular formula is C17H15ClN2O5. The highest BCUT2D eigenvalue weighted by Crippen LogP contribution is 2.39. The van der Waals surface area contributed by atoms with Crippen molar-refractivity contribution in [1.29, 1.82) is 0 Å². The molecule has 0 spiro atoms. The van der Waals surface area contributed by atoms with Crippen LogP contribution in [0.4, 0.5) is 0 Å². The lowest BCUT2D eigenvalue weighted by atomic mass is 9.90. The Hall–Kier alpha value is -2.80. The summed E-state index contributed by atoms with van der Waals surface area (Å²) >= 11 is 5.92. The average molecular weight is 363 g/mol. The molecule has 3 rings (SSSR count). The molecule has 0 saturated carbocycles. The number of aromatic carboxylic acids is 1. The van der Waals surface area contributed by atoms with Gasteiger partial charge in [0.25, 0.3) is 0 Å². The van der Waals surface area contributed by atoms with Gasteiger partial charge in [0, 0.05) is 30.1 Å². The molecule has 1 aromatic carbocycles. The molecule has 1 saturated heterocycles. The number of hydrogen-bond donors (Lipinski definition) is 1. The summed E-state index contributed by atoms with van der Waals surface area (Å²) in [6, 6.07) is 8.19. The lowest BCUT2D eigenvalue weighted by molar-refractivity contribution is -0.150. The first-order chi connectivity index (χ1) is 11.8. The lowest BCUT2D eigenvalue weighted by Gasteiger charge is -2.27. The van der Waals surface area contributed by atoms with Gasteiger partial charge in [0.1, 0.15) is 12.3 Å². The third-order valence-corrected chi connectivity index (χ3v) is 4.23. The van der Waals surface area contributed by atoms with Crippen LogP contribution < -0.4 is 4.74 Å². The number of rotatable bonds is 5. The molecule has 0 amide bonds. The van der Waals surface area contributed by atoms with Crippen LogP contribution in [0.25, 0.3) is 0 Å². The second-order valence-electron chi connectivity index (χ2n) is 5.76. The number of ether oxygens (including phenoxy) is 2. The molecule has 1 N–H and O–H groups in total. The van der Waals surface area contributed by atoms with Crippen LogP contribution in [0.3, 0.4) is 0 Å². The third-order valence-electron chi connectivity index (χ3n) is 3.98. The highest BCUT2D eigenvalue weighted by atomic mass is 35.5. The molecule has 2 heterocycles. The van der Waals surface area contributed by atoms with Gasteiger partial charge in [-0.15, -0.1) is 5.10 Å². The number of aryl methyl sites for hydroxylation is 1. The molecule has 0 aliphatic carbocycles. The van der Waals surface area contributed by atoms with Gasteiger partial charge in [-0.3, -0.25) is 4.68 Å². The number of carbonyl (C=O) groups is 2. The molecule has 2 aromatic rings. The van der Waals surface area contributed by atoms with Gasteiger partial charge in [-0.1, -0.05) is 30.3 Å². The number of aromatic nitrogens is 2. The second kappa shape index (κ2) is 6.25. The van der Waals surface area contributed by atoms with E-state index in [4.69, 9.17) is 26.2 Å². The summed E-state index contributed by atoms with van der Waals surface area (Å²) in [5.41, 5.74) is -0.0212. The van der Waals surface area contributed by atoms with Crippen LogP contribution in [-0.4, -0.2) is 33.4 Å². The lowest BCUT2D eigenvalue weighted by Crippen LogP contribution is -2.33. The summed E-state index contributed by atoms with van der Waals surface area (Å²) in [7, 11) is 1.50. The van der Waals surface area contributed by atoms with E-state index in [1.165, 1.54) is 17.8 Å². The van der Waals surface area contributed by atoms with Crippen molar-refractivity contribution in [2.75, 3.05) is 6.61 Å². The van der Waals surface area contributed by atoms with E-state index >= 15 is 0 Å². The highest BCUT2D eigenvalue weighted by molar-refractivity contribution is 6.30. The maximum atomic E-state index is 11.9. The summed E-state index contributed by atoms with van der Waals surface area (Å²) in [4.78, 5) is 23.0. The van der Waals surface area contributed by atoms with Crippen LogP contribution in [0.2, 0.25) is 5.02 Å². The molecule has 1 atom stereocenters. The van der Waals surface area contributed by atoms with E-state index < -0.39 is 17.5 Å². The summed E-state index contributed by atoms with van der Waals surface area (Å²) in [5, 5.41) is 13.6. The number of cyclic esters (lactones) is 1. The minimum Gasteiger partial charge on any atom is -0.477 e. The molecule has 1 fully saturated rings. The monoisotopic (exact) mass is 362 g/mol. The van der Waals surface area contributed by atoms with Gasteiger partial charge in [-0.25, -0.2) is 9.59 Å². The van der Waals surface area contributed by atoms with Gasteiger partial charge in [0.15, 0.2) is 5.60 Å². The molecule has 0 radical (unpaired) electrons. The van der Waals surface area contributed by atoms with Crippen molar-refractivity contribution < 1.29 is 24.2 Å². The van der Waals surface area contributed by atoms with Gasteiger partial charge in [0.2, 0.25) is 5.88 Å². The van der Waals surface area contributed by atoms with Crippen molar-refractivity contribution in [2.24, 2.45) is 7.05 Å². The third kappa shape index (κ3) is 3.23. The minimum atomic E-state index is -1.11. The van der Waals surface area contributed by atoms with Gasteiger partial charge in [-0.2, -0.15) is 0 Å². The zero-order chi connectivity index (χ0) is 18.2. The molecule has 1 aliphatic heterocycles. The number of carbonyl (C=O) groups excluding carboxylic acids is 1. The Morgan fingerprint density at radius 3 is 2.68 bits per heavy atom. The summed E-state index contributed by atoms with van der Waals surface area (Å²) in [5.74, 6) is -1.48. The zero-order valence-electron chi connectivity index (χ0n) is 13.4. The van der Waals surface area contributed by atoms with E-state index in [1.807, 2.05) is 0 Å². The Morgan fingerprint density at radius 2 is 2.16 bits per heavy atom. The Morgan fingerprint density at radius 1 is 1.48 bits per heavy atom. The van der Waals surface area contributed by atoms with Crippen molar-refractivity contribution in [3.8, 4) is 5.88 Å². The van der Waals surface area contributed by atoms with Gasteiger partial charge < -0.3 is 14.6 Å². The molecular weight excluding hydrogens is 348 g/mol. The molecule has 7 nitrogen and oxygen atoms in total. The molecule has 1 aliphatic rings. The smallest absolute Gasteiger partial charge is 0.354 e. The first kappa shape index (κ1) is 17.0. The standard InChI is InChI=1S/C17H15ClN2O5/c1-10-8-17(25-16(10)23,11-3-5-12(18)6-4-11)9-24-14-7-13(15(21)22)20(2)19-14/h3-7H,1,8-9H2,2H3,(H,21,22). The second-order valence-corrected chi connectivity index (χ2v) is 6.19. The van der Waals surface area contributed by atoms with E-state index in [1.54, 1.807) is 24.3 Å². The van der Waals surface area contributed by atoms with E-state index in [9.17, 15) is 9.59 Å². The topological polar surface area (TPSA) is 90.7 Å². The largest absolute Gasteiger partial charge is 0.477 e. The molecule has 25 heavy (non-hydrogen) atoms. The number of esters is 1. The van der Waals surface area contributed by atoms with E-state index in [0.717, 1.165) is 0 Å². The Balaban J connectivity index is 1.88. The predicted octanol–water partition coefficient (Wildman–Crippen LogP) is 2.55. The van der Waals surface area contributed by atoms with E-state index in [0.29, 0.717) is 16.2 Å². The van der Waals surface area contributed by atoms with E-state index in [-0.39, 0.29) is 24.6 Å². The quantitative estimate of drug-likeness (QED) is 0.649. The Bertz CT molecular complexity index is 840. The van der Waals surface area contributed by atoms with Gasteiger partial charge in [-0.05, 0) is 17.7 Å². The maximum absolute atomic E-state index is 11.9. The van der Waals surface area contributed by atoms with Crippen LogP contribution in [-0.2, 0) is 22.2 Å². The summed E-state index contributed by atoms with van der Waals surface area (Å²) in [6.45, 7) is 3.68. The van der Waals surface area contributed by atoms with Crippen molar-refractivity contribution in [1.82, 2.24) is 9.78 Å². The predicted molar refractivity (Wildman–Crippen MR) is 88.6 cm³/mol. The van der Waals surface area contributed by atoms with Crippen LogP contribution in [0.5, 0.6) is 5.88 Å². The molecule has 8 heteroatoms. The normalized spacial score (nSPS) is 19.8. The maximum Gasteiger partial charge on any atom is 0.354 e. The van der Waals surface area contributed by atoms with Crippen molar-refractivity contribution in [3.63, 3.8) is 0 Å². The number of hydrogen-bond acceptors (Lipinski definition) is 5. The summed E-state index contributed by atoms with van der Waals surface area (Å²) < 4.78 is 12.4. The van der Waals surface area contributed by atoms with Crippen LogP contribution in [0, 0.1) is 0 Å². The Kier molecular flexibility index (Phi) is 4.26. The minimum absolute atomic E-state index is 0.0108. The number of carboxylic acids is 1. The first-order valence-corrected chi connectivity index (χ1v) is 7.76. The number of nitrogens with zero attached hydrogens (tertiary/aromatic N) is 2. The van der Waals surface area contributed by atoms with Crippen LogP contribution in [0.1, 0.15) is 22.5 Å². The van der Waals surface area contributed by atoms with Crippen molar-refractivity contribution in [2.45, 2.75) is 12.0 Å². The average Bonchev–Trinajstić information content (AvgIpc) is 3.07. The Labute approximate surface area is 148 Å². The van der Waals surface area contributed by atoms with Gasteiger partial charge in [0.05, 0.1) is 0 Å². The fourth-order valence-electron chi connectivity index (χ4n) is 2.68. The van der Waals surface area contributed by atoms with Gasteiger partial charge >= 0.3 is 11.9 Å². The van der Waals surface area contributed by atoms with Crippen molar-refractivity contribution in [3.05, 3.63) is 58.8 Å². The number of carboxylic acid groups (broad SMARTS) is 1. The molecule has 130 valence electrons. The molecule has 0 bridgehead atoms. The zero-order valence-corrected chi connectivity index (χ0v) is 14.1. The van der Waals surface area contributed by atoms with Crippen molar-refractivity contribution >= 4 is 23.5 Å². The SMILES string of the molecule is C=C1CC(COc2cc(C(=O)O)n(C)n2)(c2ccc(Cl)cc2)OC1=O.